The van der Waals surface area contributed by atoms with Crippen LogP contribution in [0.4, 0.5) is 0 Å². The van der Waals surface area contributed by atoms with Gasteiger partial charge >= 0.3 is 0 Å². The van der Waals surface area contributed by atoms with Crippen molar-refractivity contribution in [1.29, 1.82) is 0 Å². The van der Waals surface area contributed by atoms with Crippen LogP contribution in [-0.2, 0) is 19.4 Å². The SMILES string of the molecule is O=C(c1cc2c(s1)-c1ccccc1CC2)N1CCN(Cc2ccc3c(c2)OCO3)CC1. The number of carbonyl (C=O) groups excluding carboxylic acids is 1. The maximum atomic E-state index is 13.2. The van der Waals surface area contributed by atoms with Gasteiger partial charge in [0.2, 0.25) is 6.79 Å². The van der Waals surface area contributed by atoms with Crippen LogP contribution in [0, 0.1) is 0 Å². The van der Waals surface area contributed by atoms with Crippen LogP contribution in [0.3, 0.4) is 0 Å². The van der Waals surface area contributed by atoms with Crippen LogP contribution < -0.4 is 9.47 Å². The van der Waals surface area contributed by atoms with Crippen molar-refractivity contribution in [2.45, 2.75) is 19.4 Å². The van der Waals surface area contributed by atoms with Crippen molar-refractivity contribution in [3.05, 3.63) is 70.1 Å². The molecule has 3 heterocycles. The molecule has 5 nitrogen and oxygen atoms in total. The summed E-state index contributed by atoms with van der Waals surface area (Å²) in [5, 5.41) is 0. The zero-order valence-electron chi connectivity index (χ0n) is 17.3. The van der Waals surface area contributed by atoms with Crippen LogP contribution in [0.1, 0.15) is 26.4 Å². The second kappa shape index (κ2) is 7.70. The second-order valence-electron chi connectivity index (χ2n) is 8.38. The minimum Gasteiger partial charge on any atom is -0.454 e. The van der Waals surface area contributed by atoms with Gasteiger partial charge in [-0.2, -0.15) is 0 Å². The van der Waals surface area contributed by atoms with E-state index in [0.717, 1.165) is 61.9 Å². The molecule has 3 aliphatic rings. The first-order valence-corrected chi connectivity index (χ1v) is 11.7. The lowest BCUT2D eigenvalue weighted by atomic mass is 9.91. The maximum absolute atomic E-state index is 13.2. The van der Waals surface area contributed by atoms with E-state index in [1.807, 2.05) is 11.0 Å². The standard InChI is InChI=1S/C25H24N2O3S/c28-25(23-14-19-7-6-18-3-1-2-4-20(18)24(19)31-23)27-11-9-26(10-12-27)15-17-5-8-21-22(13-17)30-16-29-21/h1-5,8,13-14H,6-7,9-12,15-16H2. The van der Waals surface area contributed by atoms with Crippen LogP contribution in [0.5, 0.6) is 11.5 Å². The summed E-state index contributed by atoms with van der Waals surface area (Å²) in [5.74, 6) is 1.83. The number of thiophene rings is 1. The Morgan fingerprint density at radius 2 is 1.71 bits per heavy atom. The predicted octanol–water partition coefficient (Wildman–Crippen LogP) is 4.20. The second-order valence-corrected chi connectivity index (χ2v) is 9.43. The Labute approximate surface area is 185 Å². The fraction of sp³-hybridized carbons (Fsp3) is 0.320. The number of benzene rings is 2. The molecule has 2 aliphatic heterocycles. The van der Waals surface area contributed by atoms with E-state index in [4.69, 9.17) is 9.47 Å². The largest absolute Gasteiger partial charge is 0.454 e. The number of aryl methyl sites for hydroxylation is 2. The highest BCUT2D eigenvalue weighted by Crippen LogP contribution is 2.40. The van der Waals surface area contributed by atoms with E-state index in [1.54, 1.807) is 11.3 Å². The first-order valence-electron chi connectivity index (χ1n) is 10.9. The molecule has 0 atom stereocenters. The summed E-state index contributed by atoms with van der Waals surface area (Å²) in [6.07, 6.45) is 2.09. The van der Waals surface area contributed by atoms with Crippen LogP contribution in [-0.4, -0.2) is 48.7 Å². The predicted molar refractivity (Wildman–Crippen MR) is 121 cm³/mol. The molecule has 3 aromatic rings. The lowest BCUT2D eigenvalue weighted by Gasteiger charge is -2.34. The van der Waals surface area contributed by atoms with Gasteiger partial charge in [0, 0.05) is 37.6 Å². The summed E-state index contributed by atoms with van der Waals surface area (Å²) in [6.45, 7) is 4.47. The molecular formula is C25H24N2O3S. The molecule has 0 saturated carbocycles. The number of rotatable bonds is 3. The zero-order chi connectivity index (χ0) is 20.8. The molecule has 6 heteroatoms. The first-order chi connectivity index (χ1) is 15.2. The molecule has 1 aliphatic carbocycles. The molecule has 0 spiro atoms. The van der Waals surface area contributed by atoms with Crippen LogP contribution >= 0.6 is 11.3 Å². The van der Waals surface area contributed by atoms with E-state index >= 15 is 0 Å². The third kappa shape index (κ3) is 3.50. The number of amides is 1. The maximum Gasteiger partial charge on any atom is 0.264 e. The van der Waals surface area contributed by atoms with E-state index in [2.05, 4.69) is 47.4 Å². The quantitative estimate of drug-likeness (QED) is 0.622. The van der Waals surface area contributed by atoms with Crippen molar-refractivity contribution < 1.29 is 14.3 Å². The van der Waals surface area contributed by atoms with Crippen molar-refractivity contribution in [2.24, 2.45) is 0 Å². The van der Waals surface area contributed by atoms with Gasteiger partial charge in [-0.25, -0.2) is 0 Å². The molecule has 158 valence electrons. The van der Waals surface area contributed by atoms with Crippen LogP contribution in [0.2, 0.25) is 0 Å². The molecule has 1 amide bonds. The van der Waals surface area contributed by atoms with E-state index < -0.39 is 0 Å². The Kier molecular flexibility index (Phi) is 4.69. The normalized spacial score (nSPS) is 17.4. The highest BCUT2D eigenvalue weighted by Gasteiger charge is 2.26. The molecule has 0 N–H and O–H groups in total. The van der Waals surface area contributed by atoms with Gasteiger partial charge in [-0.1, -0.05) is 30.3 Å². The Balaban J connectivity index is 1.11. The number of ether oxygens (including phenoxy) is 2. The summed E-state index contributed by atoms with van der Waals surface area (Å²) >= 11 is 1.66. The van der Waals surface area contributed by atoms with E-state index in [0.29, 0.717) is 6.79 Å². The number of hydrogen-bond acceptors (Lipinski definition) is 5. The van der Waals surface area contributed by atoms with Gasteiger partial charge < -0.3 is 14.4 Å². The van der Waals surface area contributed by atoms with Crippen molar-refractivity contribution in [2.75, 3.05) is 33.0 Å². The smallest absolute Gasteiger partial charge is 0.264 e. The minimum atomic E-state index is 0.180. The number of piperazine rings is 1. The molecule has 0 bridgehead atoms. The third-order valence-electron chi connectivity index (χ3n) is 6.45. The minimum absolute atomic E-state index is 0.180. The molecule has 0 radical (unpaired) electrons. The lowest BCUT2D eigenvalue weighted by molar-refractivity contribution is 0.0633. The van der Waals surface area contributed by atoms with Gasteiger partial charge in [-0.15, -0.1) is 11.3 Å². The van der Waals surface area contributed by atoms with Gasteiger partial charge in [0.15, 0.2) is 11.5 Å². The molecular weight excluding hydrogens is 408 g/mol. The molecule has 6 rings (SSSR count). The first kappa shape index (κ1) is 18.9. The Morgan fingerprint density at radius 1 is 0.903 bits per heavy atom. The molecule has 1 fully saturated rings. The molecule has 1 saturated heterocycles. The van der Waals surface area contributed by atoms with E-state index in [1.165, 1.54) is 27.1 Å². The fourth-order valence-corrected chi connectivity index (χ4v) is 5.98. The summed E-state index contributed by atoms with van der Waals surface area (Å²) in [6, 6.07) is 16.9. The highest BCUT2D eigenvalue weighted by molar-refractivity contribution is 7.17. The summed E-state index contributed by atoms with van der Waals surface area (Å²) in [7, 11) is 0. The highest BCUT2D eigenvalue weighted by atomic mass is 32.1. The third-order valence-corrected chi connectivity index (χ3v) is 7.65. The van der Waals surface area contributed by atoms with Gasteiger partial charge in [0.1, 0.15) is 0 Å². The monoisotopic (exact) mass is 432 g/mol. The number of hydrogen-bond donors (Lipinski definition) is 0. The lowest BCUT2D eigenvalue weighted by Crippen LogP contribution is -2.48. The van der Waals surface area contributed by atoms with E-state index in [-0.39, 0.29) is 5.91 Å². The van der Waals surface area contributed by atoms with Crippen LogP contribution in [0.25, 0.3) is 10.4 Å². The Bertz CT molecular complexity index is 1150. The van der Waals surface area contributed by atoms with Crippen molar-refractivity contribution in [3.63, 3.8) is 0 Å². The van der Waals surface area contributed by atoms with Crippen molar-refractivity contribution in [3.8, 4) is 21.9 Å². The number of fused-ring (bicyclic) bond motifs is 4. The summed E-state index contributed by atoms with van der Waals surface area (Å²) < 4.78 is 10.9. The number of carbonyl (C=O) groups is 1. The average Bonchev–Trinajstić information content (AvgIpc) is 3.46. The Morgan fingerprint density at radius 3 is 2.61 bits per heavy atom. The Hall–Kier alpha value is -2.83. The van der Waals surface area contributed by atoms with Crippen LogP contribution in [0.15, 0.2) is 48.5 Å². The summed E-state index contributed by atoms with van der Waals surface area (Å²) in [4.78, 5) is 19.8. The van der Waals surface area contributed by atoms with Gasteiger partial charge in [0.25, 0.3) is 5.91 Å². The fourth-order valence-electron chi connectivity index (χ4n) is 4.74. The van der Waals surface area contributed by atoms with Crippen molar-refractivity contribution >= 4 is 17.2 Å². The average molecular weight is 433 g/mol. The van der Waals surface area contributed by atoms with Gasteiger partial charge in [-0.05, 0) is 53.3 Å². The topological polar surface area (TPSA) is 42.0 Å². The number of nitrogens with zero attached hydrogens (tertiary/aromatic N) is 2. The van der Waals surface area contributed by atoms with E-state index in [9.17, 15) is 4.79 Å². The van der Waals surface area contributed by atoms with Gasteiger partial charge in [0.05, 0.1) is 4.88 Å². The zero-order valence-corrected chi connectivity index (χ0v) is 18.1. The van der Waals surface area contributed by atoms with Gasteiger partial charge in [-0.3, -0.25) is 9.69 Å². The molecule has 1 aromatic heterocycles. The molecule has 31 heavy (non-hydrogen) atoms. The summed E-state index contributed by atoms with van der Waals surface area (Å²) in [5.41, 5.74) is 5.25. The molecule has 0 unspecified atom stereocenters. The molecule has 2 aromatic carbocycles. The van der Waals surface area contributed by atoms with Crippen molar-refractivity contribution in [1.82, 2.24) is 9.80 Å².